The van der Waals surface area contributed by atoms with Crippen molar-refractivity contribution in [1.29, 1.82) is 0 Å². The first kappa shape index (κ1) is 17.6. The Balaban J connectivity index is 1.95. The standard InChI is InChI=1S/C24H19BrN2/c1-16(2)20-14-13-19(15-21(20)25)24-26-22(17-9-5-3-6-10-17)23(27-24)18-11-7-4-8-12-18/h3-15H,1-2H3. The van der Waals surface area contributed by atoms with Crippen molar-refractivity contribution in [2.24, 2.45) is 9.98 Å². The van der Waals surface area contributed by atoms with Crippen LogP contribution in [0, 0.1) is 0 Å². The zero-order chi connectivity index (χ0) is 18.8. The Morgan fingerprint density at radius 2 is 1.22 bits per heavy atom. The maximum absolute atomic E-state index is 4.90. The summed E-state index contributed by atoms with van der Waals surface area (Å²) >= 11 is 3.68. The number of benzene rings is 3. The maximum Gasteiger partial charge on any atom is 0.160 e. The summed E-state index contributed by atoms with van der Waals surface area (Å²) in [6.45, 7) is 4.22. The highest BCUT2D eigenvalue weighted by Crippen LogP contribution is 2.20. The molecule has 1 aliphatic rings. The molecule has 132 valence electrons. The number of halogens is 1. The Kier molecular flexibility index (Phi) is 4.87. The fraction of sp³-hybridized carbons (Fsp3) is 0.0833. The molecule has 1 aliphatic heterocycles. The minimum absolute atomic E-state index is 0.744. The average Bonchev–Trinajstić information content (AvgIpc) is 3.14. The number of hydrogen-bond acceptors (Lipinski definition) is 2. The van der Waals surface area contributed by atoms with Crippen molar-refractivity contribution in [2.75, 3.05) is 0 Å². The van der Waals surface area contributed by atoms with Crippen molar-refractivity contribution in [2.45, 2.75) is 13.8 Å². The van der Waals surface area contributed by atoms with E-state index in [-0.39, 0.29) is 0 Å². The maximum atomic E-state index is 4.90. The first-order valence-electron chi connectivity index (χ1n) is 8.89. The summed E-state index contributed by atoms with van der Waals surface area (Å²) in [5.41, 5.74) is 5.24. The van der Waals surface area contributed by atoms with Crippen molar-refractivity contribution >= 4 is 38.7 Å². The van der Waals surface area contributed by atoms with Crippen LogP contribution in [-0.4, -0.2) is 11.4 Å². The Morgan fingerprint density at radius 1 is 0.704 bits per heavy atom. The molecule has 0 N–H and O–H groups in total. The molecule has 0 saturated carbocycles. The van der Waals surface area contributed by atoms with E-state index >= 15 is 0 Å². The van der Waals surface area contributed by atoms with Crippen molar-refractivity contribution in [3.05, 3.63) is 105 Å². The number of rotatable bonds is 2. The van der Waals surface area contributed by atoms with Gasteiger partial charge in [-0.3, -0.25) is 0 Å². The van der Waals surface area contributed by atoms with Crippen LogP contribution in [0.2, 0.25) is 0 Å². The van der Waals surface area contributed by atoms with Gasteiger partial charge in [0.05, 0.1) is 11.4 Å². The van der Waals surface area contributed by atoms with Gasteiger partial charge < -0.3 is 0 Å². The Morgan fingerprint density at radius 3 is 1.67 bits per heavy atom. The molecule has 0 unspecified atom stereocenters. The zero-order valence-corrected chi connectivity index (χ0v) is 16.9. The number of nitrogens with zero attached hydrogens (tertiary/aromatic N) is 2. The lowest BCUT2D eigenvalue weighted by Crippen LogP contribution is -2.13. The first-order valence-corrected chi connectivity index (χ1v) is 9.69. The third-order valence-electron chi connectivity index (χ3n) is 4.52. The van der Waals surface area contributed by atoms with Crippen molar-refractivity contribution in [3.8, 4) is 0 Å². The van der Waals surface area contributed by atoms with Gasteiger partial charge in [-0.25, -0.2) is 9.98 Å². The monoisotopic (exact) mass is 414 g/mol. The van der Waals surface area contributed by atoms with Crippen molar-refractivity contribution < 1.29 is 0 Å². The lowest BCUT2D eigenvalue weighted by atomic mass is 10.0. The van der Waals surface area contributed by atoms with Crippen LogP contribution in [0.3, 0.4) is 0 Å². The Hall–Kier alpha value is -2.78. The van der Waals surface area contributed by atoms with Gasteiger partial charge in [0.25, 0.3) is 0 Å². The molecule has 0 aromatic heterocycles. The molecular formula is C24H19BrN2. The van der Waals surface area contributed by atoms with Gasteiger partial charge in [-0.15, -0.1) is 0 Å². The number of aliphatic imine (C=N–C) groups is 2. The molecule has 4 rings (SSSR count). The topological polar surface area (TPSA) is 24.7 Å². The molecule has 0 amide bonds. The van der Waals surface area contributed by atoms with Crippen LogP contribution in [0.4, 0.5) is 0 Å². The molecule has 27 heavy (non-hydrogen) atoms. The third-order valence-corrected chi connectivity index (χ3v) is 5.18. The van der Waals surface area contributed by atoms with E-state index in [9.17, 15) is 0 Å². The molecule has 0 spiro atoms. The molecular weight excluding hydrogens is 396 g/mol. The second kappa shape index (κ2) is 7.45. The number of hydrogen-bond donors (Lipinski definition) is 0. The van der Waals surface area contributed by atoms with Crippen LogP contribution in [0.1, 0.15) is 25.0 Å². The van der Waals surface area contributed by atoms with Gasteiger partial charge >= 0.3 is 0 Å². The van der Waals surface area contributed by atoms with Crippen LogP contribution < -0.4 is 10.4 Å². The highest BCUT2D eigenvalue weighted by molar-refractivity contribution is 9.10. The van der Waals surface area contributed by atoms with Gasteiger partial charge in [0.15, 0.2) is 5.82 Å². The quantitative estimate of drug-likeness (QED) is 0.580. The van der Waals surface area contributed by atoms with Crippen LogP contribution in [0.15, 0.2) is 93.3 Å². The molecule has 0 saturated heterocycles. The predicted molar refractivity (Wildman–Crippen MR) is 118 cm³/mol. The summed E-state index contributed by atoms with van der Waals surface area (Å²) in [4.78, 5) is 9.81. The van der Waals surface area contributed by atoms with E-state index in [0.717, 1.165) is 38.1 Å². The molecule has 2 nitrogen and oxygen atoms in total. The normalized spacial score (nSPS) is 13.4. The van der Waals surface area contributed by atoms with Crippen molar-refractivity contribution in [1.82, 2.24) is 0 Å². The Bertz CT molecular complexity index is 1110. The van der Waals surface area contributed by atoms with E-state index in [1.807, 2.05) is 36.4 Å². The predicted octanol–water partition coefficient (Wildman–Crippen LogP) is 4.70. The highest BCUT2D eigenvalue weighted by Gasteiger charge is 2.20. The zero-order valence-electron chi connectivity index (χ0n) is 15.3. The molecule has 0 radical (unpaired) electrons. The summed E-state index contributed by atoms with van der Waals surface area (Å²) < 4.78 is 1.06. The lowest BCUT2D eigenvalue weighted by Gasteiger charge is -2.04. The minimum atomic E-state index is 0.744. The van der Waals surface area contributed by atoms with E-state index in [0.29, 0.717) is 0 Å². The van der Waals surface area contributed by atoms with Gasteiger partial charge in [-0.2, -0.15) is 0 Å². The van der Waals surface area contributed by atoms with Crippen LogP contribution in [-0.2, 0) is 0 Å². The molecule has 3 heteroatoms. The summed E-state index contributed by atoms with van der Waals surface area (Å²) in [6.07, 6.45) is 0. The van der Waals surface area contributed by atoms with E-state index in [1.165, 1.54) is 10.8 Å². The molecule has 1 heterocycles. The summed E-state index contributed by atoms with van der Waals surface area (Å²) in [5, 5.41) is 2.21. The van der Waals surface area contributed by atoms with Gasteiger partial charge in [-0.05, 0) is 25.1 Å². The average molecular weight is 415 g/mol. The smallest absolute Gasteiger partial charge is 0.160 e. The molecule has 0 aliphatic carbocycles. The SMILES string of the molecule is CC(C)=c1ccc(=C2N=C(c3ccccc3)C(c3ccccc3)=N2)cc1Br. The van der Waals surface area contributed by atoms with Crippen LogP contribution >= 0.6 is 15.9 Å². The molecule has 3 aromatic rings. The van der Waals surface area contributed by atoms with Gasteiger partial charge in [0.1, 0.15) is 0 Å². The fourth-order valence-electron chi connectivity index (χ4n) is 3.13. The largest absolute Gasteiger partial charge is 0.226 e. The first-order chi connectivity index (χ1) is 13.1. The minimum Gasteiger partial charge on any atom is -0.226 e. The summed E-state index contributed by atoms with van der Waals surface area (Å²) in [5.74, 6) is 0.744. The molecule has 0 atom stereocenters. The second-order valence-electron chi connectivity index (χ2n) is 6.67. The fourth-order valence-corrected chi connectivity index (χ4v) is 3.90. The molecule has 3 aromatic carbocycles. The molecule has 0 fully saturated rings. The van der Waals surface area contributed by atoms with Crippen LogP contribution in [0.25, 0.3) is 11.4 Å². The lowest BCUT2D eigenvalue weighted by molar-refractivity contribution is 1.37. The van der Waals surface area contributed by atoms with Gasteiger partial charge in [0.2, 0.25) is 0 Å². The van der Waals surface area contributed by atoms with E-state index in [2.05, 4.69) is 72.2 Å². The Labute approximate surface area is 167 Å². The third kappa shape index (κ3) is 3.56. The summed E-state index contributed by atoms with van der Waals surface area (Å²) in [6, 6.07) is 26.8. The second-order valence-corrected chi connectivity index (χ2v) is 7.53. The van der Waals surface area contributed by atoms with Crippen LogP contribution in [0.5, 0.6) is 0 Å². The van der Waals surface area contributed by atoms with Gasteiger partial charge in [-0.1, -0.05) is 94.3 Å². The van der Waals surface area contributed by atoms with Gasteiger partial charge in [0, 0.05) is 20.8 Å². The highest BCUT2D eigenvalue weighted by atomic mass is 79.9. The van der Waals surface area contributed by atoms with Crippen molar-refractivity contribution in [3.63, 3.8) is 0 Å². The molecule has 0 bridgehead atoms. The summed E-state index contributed by atoms with van der Waals surface area (Å²) in [7, 11) is 0. The van der Waals surface area contributed by atoms with E-state index in [4.69, 9.17) is 9.98 Å². The van der Waals surface area contributed by atoms with E-state index < -0.39 is 0 Å². The van der Waals surface area contributed by atoms with E-state index in [1.54, 1.807) is 0 Å².